The zero-order valence-electron chi connectivity index (χ0n) is 22.5. The minimum Gasteiger partial charge on any atom is -0.496 e. The first-order chi connectivity index (χ1) is 18.5. The number of amides is 1. The van der Waals surface area contributed by atoms with Gasteiger partial charge in [0.2, 0.25) is 0 Å². The Morgan fingerprint density at radius 2 is 1.55 bits per heavy atom. The summed E-state index contributed by atoms with van der Waals surface area (Å²) in [6.07, 6.45) is 12.2. The molecule has 1 amide bonds. The molecule has 38 heavy (non-hydrogen) atoms. The molecule has 0 aliphatic carbocycles. The van der Waals surface area contributed by atoms with Crippen molar-refractivity contribution < 1.29 is 24.0 Å². The number of carboxylic acid groups (broad SMARTS) is 1. The largest absolute Gasteiger partial charge is 0.496 e. The van der Waals surface area contributed by atoms with Gasteiger partial charge in [0.05, 0.1) is 13.7 Å². The highest BCUT2D eigenvalue weighted by molar-refractivity contribution is 6.31. The van der Waals surface area contributed by atoms with E-state index in [0.29, 0.717) is 17.5 Å². The van der Waals surface area contributed by atoms with E-state index in [1.54, 1.807) is 13.2 Å². The van der Waals surface area contributed by atoms with Gasteiger partial charge in [-0.1, -0.05) is 93.8 Å². The number of aromatic nitrogens is 2. The summed E-state index contributed by atoms with van der Waals surface area (Å²) in [6.45, 7) is 2.49. The van der Waals surface area contributed by atoms with E-state index < -0.39 is 11.9 Å². The van der Waals surface area contributed by atoms with Crippen molar-refractivity contribution in [3.63, 3.8) is 0 Å². The highest BCUT2D eigenvalue weighted by Gasteiger charge is 2.22. The Morgan fingerprint density at radius 1 is 0.895 bits per heavy atom. The van der Waals surface area contributed by atoms with Gasteiger partial charge in [0, 0.05) is 24.1 Å². The smallest absolute Gasteiger partial charge is 0.394 e. The number of benzene rings is 2. The third-order valence-electron chi connectivity index (χ3n) is 6.57. The Balaban J connectivity index is 1.52. The minimum atomic E-state index is -1.50. The van der Waals surface area contributed by atoms with Crippen LogP contribution in [-0.2, 0) is 29.1 Å². The number of carboxylic acids is 1. The van der Waals surface area contributed by atoms with Crippen LogP contribution in [0.15, 0.2) is 53.1 Å². The number of rotatable bonds is 16. The second-order valence-corrected chi connectivity index (χ2v) is 9.57. The Morgan fingerprint density at radius 3 is 2.21 bits per heavy atom. The maximum absolute atomic E-state index is 12.4. The number of hydrogen-bond acceptors (Lipinski definition) is 6. The highest BCUT2D eigenvalue weighted by Crippen LogP contribution is 2.23. The van der Waals surface area contributed by atoms with E-state index in [2.05, 4.69) is 17.1 Å². The van der Waals surface area contributed by atoms with Crippen LogP contribution in [0, 0.1) is 0 Å². The number of hydrogen-bond donors (Lipinski definition) is 1. The van der Waals surface area contributed by atoms with E-state index in [1.165, 1.54) is 56.3 Å². The molecule has 1 aromatic heterocycles. The van der Waals surface area contributed by atoms with Crippen molar-refractivity contribution in [2.45, 2.75) is 84.2 Å². The number of aryl methyl sites for hydroxylation is 1. The normalized spacial score (nSPS) is 10.9. The summed E-state index contributed by atoms with van der Waals surface area (Å²) in [4.78, 5) is 29.6. The number of nitrogens with zero attached hydrogens (tertiary/aromatic N) is 3. The van der Waals surface area contributed by atoms with Crippen LogP contribution in [0.5, 0.6) is 5.75 Å². The van der Waals surface area contributed by atoms with Gasteiger partial charge in [0.15, 0.2) is 5.82 Å². The first-order valence-electron chi connectivity index (χ1n) is 13.6. The molecule has 8 heteroatoms. The Hall–Kier alpha value is -3.68. The van der Waals surface area contributed by atoms with Crippen molar-refractivity contribution >= 4 is 11.9 Å². The summed E-state index contributed by atoms with van der Waals surface area (Å²) >= 11 is 0. The van der Waals surface area contributed by atoms with Crippen LogP contribution in [0.25, 0.3) is 11.5 Å². The maximum Gasteiger partial charge on any atom is 0.394 e. The molecule has 3 rings (SSSR count). The molecule has 0 saturated carbocycles. The standard InChI is InChI=1S/C30H39N3O5/c1-3-4-5-6-7-8-9-10-11-16-27-31-28(38-32-27)24-19-17-23(18-20-24)21-33(29(34)30(35)36)22-25-14-12-13-15-26(25)37-2/h12-15,17-20H,3-11,16,21-22H2,1-2H3,(H,35,36). The third kappa shape index (κ3) is 9.01. The summed E-state index contributed by atoms with van der Waals surface area (Å²) in [7, 11) is 1.54. The van der Waals surface area contributed by atoms with Crippen molar-refractivity contribution in [3.05, 3.63) is 65.5 Å². The van der Waals surface area contributed by atoms with E-state index in [-0.39, 0.29) is 13.1 Å². The molecule has 0 fully saturated rings. The SMILES string of the molecule is CCCCCCCCCCCc1noc(-c2ccc(CN(Cc3ccccc3OC)C(=O)C(=O)O)cc2)n1. The van der Waals surface area contributed by atoms with Gasteiger partial charge in [0.25, 0.3) is 5.89 Å². The van der Waals surface area contributed by atoms with Crippen molar-refractivity contribution in [1.82, 2.24) is 15.0 Å². The highest BCUT2D eigenvalue weighted by atomic mass is 16.5. The number of carbonyl (C=O) groups excluding carboxylic acids is 1. The molecular weight excluding hydrogens is 482 g/mol. The van der Waals surface area contributed by atoms with Gasteiger partial charge in [-0.3, -0.25) is 4.79 Å². The van der Waals surface area contributed by atoms with Gasteiger partial charge in [-0.2, -0.15) is 4.98 Å². The topological polar surface area (TPSA) is 106 Å². The van der Waals surface area contributed by atoms with Crippen LogP contribution < -0.4 is 4.74 Å². The Labute approximate surface area is 225 Å². The monoisotopic (exact) mass is 521 g/mol. The van der Waals surface area contributed by atoms with Gasteiger partial charge < -0.3 is 19.3 Å². The van der Waals surface area contributed by atoms with Gasteiger partial charge in [-0.05, 0) is 30.2 Å². The maximum atomic E-state index is 12.4. The summed E-state index contributed by atoms with van der Waals surface area (Å²) in [5.41, 5.74) is 2.29. The second-order valence-electron chi connectivity index (χ2n) is 9.57. The molecule has 0 saturated heterocycles. The third-order valence-corrected chi connectivity index (χ3v) is 6.57. The van der Waals surface area contributed by atoms with E-state index in [0.717, 1.165) is 29.5 Å². The number of carbonyl (C=O) groups is 2. The summed E-state index contributed by atoms with van der Waals surface area (Å²) < 4.78 is 10.8. The van der Waals surface area contributed by atoms with E-state index >= 15 is 0 Å². The molecule has 0 atom stereocenters. The molecule has 2 aromatic carbocycles. The van der Waals surface area contributed by atoms with Crippen LogP contribution in [0.1, 0.15) is 81.7 Å². The average Bonchev–Trinajstić information content (AvgIpc) is 3.41. The lowest BCUT2D eigenvalue weighted by atomic mass is 10.1. The molecule has 0 aliphatic heterocycles. The molecule has 1 N–H and O–H groups in total. The molecule has 8 nitrogen and oxygen atoms in total. The van der Waals surface area contributed by atoms with Crippen LogP contribution in [0.4, 0.5) is 0 Å². The fraction of sp³-hybridized carbons (Fsp3) is 0.467. The van der Waals surface area contributed by atoms with Crippen molar-refractivity contribution in [3.8, 4) is 17.2 Å². The first-order valence-corrected chi connectivity index (χ1v) is 13.6. The van der Waals surface area contributed by atoms with Gasteiger partial charge >= 0.3 is 11.9 Å². The molecule has 0 radical (unpaired) electrons. The number of methoxy groups -OCH3 is 1. The predicted molar refractivity (Wildman–Crippen MR) is 146 cm³/mol. The molecule has 204 valence electrons. The van der Waals surface area contributed by atoms with Crippen LogP contribution in [0.3, 0.4) is 0 Å². The number of ether oxygens (including phenoxy) is 1. The Bertz CT molecular complexity index is 1140. The zero-order chi connectivity index (χ0) is 27.2. The quantitative estimate of drug-likeness (QED) is 0.171. The fourth-order valence-corrected chi connectivity index (χ4v) is 4.41. The van der Waals surface area contributed by atoms with Crippen molar-refractivity contribution in [1.29, 1.82) is 0 Å². The molecule has 0 unspecified atom stereocenters. The van der Waals surface area contributed by atoms with E-state index in [4.69, 9.17) is 9.26 Å². The molecular formula is C30H39N3O5. The van der Waals surface area contributed by atoms with E-state index in [9.17, 15) is 14.7 Å². The lowest BCUT2D eigenvalue weighted by Gasteiger charge is -2.22. The number of aliphatic carboxylic acids is 1. The molecule has 0 aliphatic rings. The average molecular weight is 522 g/mol. The first kappa shape index (κ1) is 28.9. The predicted octanol–water partition coefficient (Wildman–Crippen LogP) is 6.43. The second kappa shape index (κ2) is 15.5. The van der Waals surface area contributed by atoms with E-state index in [1.807, 2.05) is 42.5 Å². The molecule has 0 spiro atoms. The Kier molecular flexibility index (Phi) is 11.8. The number of unbranched alkanes of at least 4 members (excludes halogenated alkanes) is 8. The summed E-state index contributed by atoms with van der Waals surface area (Å²) in [5.74, 6) is -0.711. The fourth-order valence-electron chi connectivity index (χ4n) is 4.41. The zero-order valence-corrected chi connectivity index (χ0v) is 22.5. The molecule has 0 bridgehead atoms. The van der Waals surface area contributed by atoms with Crippen LogP contribution >= 0.6 is 0 Å². The molecule has 3 aromatic rings. The summed E-state index contributed by atoms with van der Waals surface area (Å²) in [5, 5.41) is 13.4. The van der Waals surface area contributed by atoms with Crippen LogP contribution in [-0.4, -0.2) is 39.1 Å². The summed E-state index contributed by atoms with van der Waals surface area (Å²) in [6, 6.07) is 14.6. The van der Waals surface area contributed by atoms with Gasteiger partial charge in [-0.25, -0.2) is 4.79 Å². The van der Waals surface area contributed by atoms with Crippen molar-refractivity contribution in [2.75, 3.05) is 7.11 Å². The van der Waals surface area contributed by atoms with Gasteiger partial charge in [0.1, 0.15) is 5.75 Å². The molecule has 1 heterocycles. The lowest BCUT2D eigenvalue weighted by Crippen LogP contribution is -2.35. The van der Waals surface area contributed by atoms with Gasteiger partial charge in [-0.15, -0.1) is 0 Å². The minimum absolute atomic E-state index is 0.114. The lowest BCUT2D eigenvalue weighted by molar-refractivity contribution is -0.156. The van der Waals surface area contributed by atoms with Crippen LogP contribution in [0.2, 0.25) is 0 Å². The number of para-hydroxylation sites is 1. The van der Waals surface area contributed by atoms with Crippen molar-refractivity contribution in [2.24, 2.45) is 0 Å².